The van der Waals surface area contributed by atoms with E-state index in [2.05, 4.69) is 10.1 Å². The topological polar surface area (TPSA) is 75.7 Å². The van der Waals surface area contributed by atoms with Crippen LogP contribution in [0.4, 0.5) is 4.79 Å². The van der Waals surface area contributed by atoms with Crippen molar-refractivity contribution in [2.45, 2.75) is 6.42 Å². The highest BCUT2D eigenvalue weighted by Crippen LogP contribution is 2.52. The summed E-state index contributed by atoms with van der Waals surface area (Å²) in [6, 6.07) is 0. The summed E-state index contributed by atoms with van der Waals surface area (Å²) in [4.78, 5) is 36.4. The van der Waals surface area contributed by atoms with Gasteiger partial charge >= 0.3 is 6.09 Å². The molecule has 1 N–H and O–H groups in total. The molecule has 0 spiro atoms. The van der Waals surface area contributed by atoms with Crippen LogP contribution in [0, 0.1) is 23.7 Å². The number of rotatable bonds is 2. The molecule has 96 valence electrons. The van der Waals surface area contributed by atoms with Gasteiger partial charge < -0.3 is 10.1 Å². The summed E-state index contributed by atoms with van der Waals surface area (Å²) in [5.74, 6) is -0.380. The van der Waals surface area contributed by atoms with Gasteiger partial charge in [0, 0.05) is 0 Å². The van der Waals surface area contributed by atoms with E-state index in [1.165, 1.54) is 7.11 Å². The zero-order valence-corrected chi connectivity index (χ0v) is 9.96. The molecular formula is C12H14N2O4. The van der Waals surface area contributed by atoms with Gasteiger partial charge in [-0.25, -0.2) is 4.79 Å². The molecule has 1 heterocycles. The van der Waals surface area contributed by atoms with Gasteiger partial charge in [-0.15, -0.1) is 0 Å². The number of likely N-dealkylation sites (tertiary alicyclic amines) is 1. The summed E-state index contributed by atoms with van der Waals surface area (Å²) in [6.07, 6.45) is 4.34. The molecule has 0 aromatic rings. The van der Waals surface area contributed by atoms with Gasteiger partial charge in [0.15, 0.2) is 0 Å². The van der Waals surface area contributed by atoms with E-state index in [0.717, 1.165) is 11.3 Å². The summed E-state index contributed by atoms with van der Waals surface area (Å²) in [5.41, 5.74) is 0. The van der Waals surface area contributed by atoms with E-state index in [-0.39, 0.29) is 42.2 Å². The number of fused-ring (bicyclic) bond motifs is 5. The van der Waals surface area contributed by atoms with Crippen molar-refractivity contribution in [1.82, 2.24) is 10.2 Å². The average Bonchev–Trinajstić information content (AvgIpc) is 3.02. The molecule has 2 fully saturated rings. The molecule has 1 aliphatic heterocycles. The van der Waals surface area contributed by atoms with Crippen LogP contribution < -0.4 is 5.32 Å². The first kappa shape index (κ1) is 11.3. The lowest BCUT2D eigenvalue weighted by Crippen LogP contribution is -2.42. The Morgan fingerprint density at radius 1 is 1.33 bits per heavy atom. The average molecular weight is 250 g/mol. The molecule has 6 nitrogen and oxygen atoms in total. The number of alkyl carbamates (subject to hydrolysis) is 1. The third kappa shape index (κ3) is 1.38. The molecule has 0 unspecified atom stereocenters. The van der Waals surface area contributed by atoms with Crippen LogP contribution in [0.5, 0.6) is 0 Å². The first-order valence-electron chi connectivity index (χ1n) is 5.99. The third-order valence-corrected chi connectivity index (χ3v) is 4.13. The van der Waals surface area contributed by atoms with Crippen molar-refractivity contribution >= 4 is 17.9 Å². The number of amides is 3. The molecule has 0 aromatic carbocycles. The van der Waals surface area contributed by atoms with Crippen molar-refractivity contribution in [3.63, 3.8) is 0 Å². The molecule has 3 aliphatic rings. The Kier molecular flexibility index (Phi) is 2.39. The van der Waals surface area contributed by atoms with Crippen LogP contribution >= 0.6 is 0 Å². The van der Waals surface area contributed by atoms with E-state index in [1.54, 1.807) is 0 Å². The predicted molar refractivity (Wildman–Crippen MR) is 60.0 cm³/mol. The van der Waals surface area contributed by atoms with Crippen LogP contribution in [0.3, 0.4) is 0 Å². The molecule has 0 radical (unpaired) electrons. The maximum atomic E-state index is 12.2. The second kappa shape index (κ2) is 3.83. The monoisotopic (exact) mass is 250 g/mol. The number of ether oxygens (including phenoxy) is 1. The van der Waals surface area contributed by atoms with Gasteiger partial charge in [0.25, 0.3) is 0 Å². The lowest BCUT2D eigenvalue weighted by atomic mass is 9.85. The number of nitrogens with zero attached hydrogens (tertiary/aromatic N) is 1. The number of carbonyl (C=O) groups is 3. The fourth-order valence-corrected chi connectivity index (χ4v) is 3.34. The van der Waals surface area contributed by atoms with E-state index >= 15 is 0 Å². The first-order valence-corrected chi connectivity index (χ1v) is 5.99. The van der Waals surface area contributed by atoms with E-state index in [4.69, 9.17) is 0 Å². The minimum atomic E-state index is -0.645. The fourth-order valence-electron chi connectivity index (χ4n) is 3.34. The number of methoxy groups -OCH3 is 1. The largest absolute Gasteiger partial charge is 0.453 e. The normalized spacial score (nSPS) is 36.2. The minimum absolute atomic E-state index is 0.100. The lowest BCUT2D eigenvalue weighted by molar-refractivity contribution is -0.140. The number of nitrogens with one attached hydrogen (secondary N) is 1. The Hall–Kier alpha value is -1.85. The van der Waals surface area contributed by atoms with Crippen LogP contribution in [-0.2, 0) is 14.3 Å². The van der Waals surface area contributed by atoms with Crippen molar-refractivity contribution in [3.8, 4) is 0 Å². The summed E-state index contributed by atoms with van der Waals surface area (Å²) in [5, 5.41) is 2.38. The molecular weight excluding hydrogens is 236 g/mol. The minimum Gasteiger partial charge on any atom is -0.453 e. The summed E-state index contributed by atoms with van der Waals surface area (Å²) >= 11 is 0. The maximum absolute atomic E-state index is 12.2. The van der Waals surface area contributed by atoms with Crippen molar-refractivity contribution in [2.75, 3.05) is 13.8 Å². The van der Waals surface area contributed by atoms with Crippen LogP contribution in [0.1, 0.15) is 6.42 Å². The Morgan fingerprint density at radius 2 is 1.89 bits per heavy atom. The third-order valence-electron chi connectivity index (χ3n) is 4.13. The molecule has 3 rings (SSSR count). The Morgan fingerprint density at radius 3 is 2.39 bits per heavy atom. The molecule has 0 aromatic heterocycles. The number of carbonyl (C=O) groups excluding carboxylic acids is 3. The highest BCUT2D eigenvalue weighted by molar-refractivity contribution is 6.06. The molecule has 18 heavy (non-hydrogen) atoms. The van der Waals surface area contributed by atoms with Gasteiger partial charge in [0.1, 0.15) is 6.67 Å². The highest BCUT2D eigenvalue weighted by Gasteiger charge is 2.59. The number of hydrogen-bond donors (Lipinski definition) is 1. The van der Waals surface area contributed by atoms with E-state index in [9.17, 15) is 14.4 Å². The van der Waals surface area contributed by atoms with Crippen LogP contribution in [0.25, 0.3) is 0 Å². The summed E-state index contributed by atoms with van der Waals surface area (Å²) in [7, 11) is 1.24. The van der Waals surface area contributed by atoms with E-state index in [1.807, 2.05) is 12.2 Å². The molecule has 1 saturated carbocycles. The molecule has 1 saturated heterocycles. The van der Waals surface area contributed by atoms with E-state index < -0.39 is 6.09 Å². The Labute approximate surface area is 104 Å². The maximum Gasteiger partial charge on any atom is 0.408 e. The number of allylic oxidation sites excluding steroid dienone is 2. The van der Waals surface area contributed by atoms with Crippen LogP contribution in [0.2, 0.25) is 0 Å². The quantitative estimate of drug-likeness (QED) is 0.557. The SMILES string of the molecule is COC(=O)NCN1C(=O)[C@H]2[C@H](C1=O)[C@H]1C=C[C@H]2C1. The van der Waals surface area contributed by atoms with Crippen molar-refractivity contribution in [2.24, 2.45) is 23.7 Å². The summed E-state index contributed by atoms with van der Waals surface area (Å²) < 4.78 is 4.42. The van der Waals surface area contributed by atoms with Crippen molar-refractivity contribution in [3.05, 3.63) is 12.2 Å². The highest BCUT2D eigenvalue weighted by atomic mass is 16.5. The van der Waals surface area contributed by atoms with Gasteiger partial charge in [0.2, 0.25) is 11.8 Å². The smallest absolute Gasteiger partial charge is 0.408 e. The van der Waals surface area contributed by atoms with E-state index in [0.29, 0.717) is 0 Å². The molecule has 2 aliphatic carbocycles. The van der Waals surface area contributed by atoms with Crippen molar-refractivity contribution in [1.29, 1.82) is 0 Å². The standard InChI is InChI=1S/C12H14N2O4/c1-18-12(17)13-5-14-10(15)8-6-2-3-7(4-6)9(8)11(14)16/h2-3,6-9H,4-5H2,1H3,(H,13,17)/t6-,7-,8+,9+/m0/s1. The lowest BCUT2D eigenvalue weighted by Gasteiger charge is -2.17. The Bertz CT molecular complexity index is 429. The van der Waals surface area contributed by atoms with Gasteiger partial charge in [-0.05, 0) is 18.3 Å². The number of imide groups is 1. The van der Waals surface area contributed by atoms with Crippen LogP contribution in [-0.4, -0.2) is 36.6 Å². The zero-order valence-electron chi connectivity index (χ0n) is 9.96. The second-order valence-corrected chi connectivity index (χ2v) is 4.93. The fraction of sp³-hybridized carbons (Fsp3) is 0.583. The van der Waals surface area contributed by atoms with Crippen molar-refractivity contribution < 1.29 is 19.1 Å². The first-order chi connectivity index (χ1) is 8.63. The van der Waals surface area contributed by atoms with Gasteiger partial charge in [-0.2, -0.15) is 0 Å². The molecule has 4 atom stereocenters. The van der Waals surface area contributed by atoms with Gasteiger partial charge in [-0.3, -0.25) is 14.5 Å². The molecule has 3 amide bonds. The zero-order chi connectivity index (χ0) is 12.9. The van der Waals surface area contributed by atoms with Gasteiger partial charge in [0.05, 0.1) is 18.9 Å². The Balaban J connectivity index is 1.74. The van der Waals surface area contributed by atoms with Crippen LogP contribution in [0.15, 0.2) is 12.2 Å². The molecule has 2 bridgehead atoms. The summed E-state index contributed by atoms with van der Waals surface area (Å²) in [6.45, 7) is -0.100. The molecule has 6 heteroatoms. The second-order valence-electron chi connectivity index (χ2n) is 4.93. The number of hydrogen-bond acceptors (Lipinski definition) is 4. The predicted octanol–water partition coefficient (Wildman–Crippen LogP) is 0.107. The van der Waals surface area contributed by atoms with Gasteiger partial charge in [-0.1, -0.05) is 12.2 Å².